The number of quaternary nitrogens is 1. The number of ether oxygens (including phenoxy) is 1. The molecule has 0 aliphatic carbocycles. The van der Waals surface area contributed by atoms with E-state index in [-0.39, 0.29) is 11.6 Å². The van der Waals surface area contributed by atoms with Crippen LogP contribution in [0.15, 0.2) is 48.5 Å². The number of benzene rings is 2. The van der Waals surface area contributed by atoms with Crippen molar-refractivity contribution >= 4 is 23.0 Å². The van der Waals surface area contributed by atoms with E-state index >= 15 is 0 Å². The van der Waals surface area contributed by atoms with Crippen molar-refractivity contribution in [3.63, 3.8) is 0 Å². The molecule has 1 saturated heterocycles. The molecule has 1 aliphatic heterocycles. The molecular weight excluding hydrogens is 398 g/mol. The minimum absolute atomic E-state index is 0.0312. The fraction of sp³-hybridized carbons (Fsp3) is 0.409. The van der Waals surface area contributed by atoms with Crippen LogP contribution < -0.4 is 25.2 Å². The van der Waals surface area contributed by atoms with Gasteiger partial charge < -0.3 is 25.2 Å². The highest BCUT2D eigenvalue weighted by molar-refractivity contribution is 5.76. The zero-order valence-electron chi connectivity index (χ0n) is 17.8. The lowest BCUT2D eigenvalue weighted by molar-refractivity contribution is -0.892. The monoisotopic (exact) mass is 428 g/mol. The van der Waals surface area contributed by atoms with Crippen LogP contribution in [-0.2, 0) is 4.79 Å². The molecule has 1 aliphatic rings. The highest BCUT2D eigenvalue weighted by Crippen LogP contribution is 2.27. The van der Waals surface area contributed by atoms with Crippen molar-refractivity contribution in [3.8, 4) is 5.75 Å². The van der Waals surface area contributed by atoms with E-state index < -0.39 is 4.92 Å². The Morgan fingerprint density at radius 2 is 1.84 bits per heavy atom. The molecule has 3 N–H and O–H groups in total. The molecule has 0 radical (unpaired) electrons. The predicted octanol–water partition coefficient (Wildman–Crippen LogP) is 0.927. The second kappa shape index (κ2) is 11.2. The van der Waals surface area contributed by atoms with Gasteiger partial charge in [0.05, 0.1) is 43.4 Å². The maximum Gasteiger partial charge on any atom is 0.275 e. The average Bonchev–Trinajstić information content (AvgIpc) is 2.78. The smallest absolute Gasteiger partial charge is 0.275 e. The Bertz CT molecular complexity index is 866. The van der Waals surface area contributed by atoms with Gasteiger partial charge >= 0.3 is 0 Å². The van der Waals surface area contributed by atoms with E-state index in [9.17, 15) is 14.9 Å². The van der Waals surface area contributed by atoms with Crippen molar-refractivity contribution in [2.24, 2.45) is 0 Å². The Hall–Kier alpha value is -3.33. The number of hydrogen-bond acceptors (Lipinski definition) is 6. The van der Waals surface area contributed by atoms with Crippen molar-refractivity contribution in [2.75, 3.05) is 62.6 Å². The molecule has 31 heavy (non-hydrogen) atoms. The van der Waals surface area contributed by atoms with Gasteiger partial charge in [0.25, 0.3) is 11.6 Å². The van der Waals surface area contributed by atoms with Gasteiger partial charge in [0.1, 0.15) is 5.75 Å². The van der Waals surface area contributed by atoms with Crippen LogP contribution in [0.25, 0.3) is 0 Å². The van der Waals surface area contributed by atoms with Gasteiger partial charge in [0.2, 0.25) is 0 Å². The zero-order chi connectivity index (χ0) is 22.1. The van der Waals surface area contributed by atoms with Crippen LogP contribution in [0.2, 0.25) is 0 Å². The third-order valence-corrected chi connectivity index (χ3v) is 5.24. The van der Waals surface area contributed by atoms with E-state index in [1.54, 1.807) is 12.1 Å². The summed E-state index contributed by atoms with van der Waals surface area (Å²) in [6.45, 7) is 7.70. The molecule has 2 aromatic carbocycles. The second-order valence-corrected chi connectivity index (χ2v) is 7.40. The highest BCUT2D eigenvalue weighted by Gasteiger charge is 2.23. The number of piperazine rings is 1. The molecule has 0 bridgehead atoms. The molecule has 2 aromatic rings. The predicted molar refractivity (Wildman–Crippen MR) is 120 cm³/mol. The Labute approximate surface area is 182 Å². The third kappa shape index (κ3) is 6.58. The Balaban J connectivity index is 1.35. The van der Waals surface area contributed by atoms with Crippen LogP contribution in [0.5, 0.6) is 5.75 Å². The van der Waals surface area contributed by atoms with E-state index in [2.05, 4.69) is 21.6 Å². The van der Waals surface area contributed by atoms with E-state index in [1.807, 2.05) is 25.1 Å². The number of hydrogen-bond donors (Lipinski definition) is 3. The number of para-hydroxylation sites is 2. The van der Waals surface area contributed by atoms with Crippen molar-refractivity contribution in [2.45, 2.75) is 6.92 Å². The third-order valence-electron chi connectivity index (χ3n) is 5.24. The summed E-state index contributed by atoms with van der Waals surface area (Å²) in [5.74, 6) is 0.940. The number of amides is 1. The van der Waals surface area contributed by atoms with E-state index in [4.69, 9.17) is 4.74 Å². The summed E-state index contributed by atoms with van der Waals surface area (Å²) in [6.07, 6.45) is 0. The summed E-state index contributed by atoms with van der Waals surface area (Å²) in [7, 11) is 0. The Morgan fingerprint density at radius 1 is 1.13 bits per heavy atom. The summed E-state index contributed by atoms with van der Waals surface area (Å²) in [5.41, 5.74) is 1.96. The topological polar surface area (TPSA) is 101 Å². The van der Waals surface area contributed by atoms with Crippen LogP contribution in [0.3, 0.4) is 0 Å². The number of anilines is 2. The van der Waals surface area contributed by atoms with Gasteiger partial charge in [-0.05, 0) is 31.2 Å². The molecule has 1 fully saturated rings. The number of rotatable bonds is 10. The number of nitrogens with zero attached hydrogens (tertiary/aromatic N) is 2. The molecule has 0 unspecified atom stereocenters. The first kappa shape index (κ1) is 22.4. The van der Waals surface area contributed by atoms with Gasteiger partial charge in [-0.15, -0.1) is 0 Å². The molecule has 0 aromatic heterocycles. The Kier molecular flexibility index (Phi) is 8.05. The van der Waals surface area contributed by atoms with Crippen LogP contribution in [-0.4, -0.2) is 63.3 Å². The van der Waals surface area contributed by atoms with Gasteiger partial charge in [-0.25, -0.2) is 0 Å². The molecule has 1 amide bonds. The first-order valence-electron chi connectivity index (χ1n) is 10.6. The first-order chi connectivity index (χ1) is 15.1. The second-order valence-electron chi connectivity index (χ2n) is 7.40. The fourth-order valence-corrected chi connectivity index (χ4v) is 3.64. The van der Waals surface area contributed by atoms with E-state index in [1.165, 1.54) is 17.0 Å². The summed E-state index contributed by atoms with van der Waals surface area (Å²) in [6, 6.07) is 14.3. The summed E-state index contributed by atoms with van der Waals surface area (Å²) in [4.78, 5) is 26.1. The number of nitrogens with one attached hydrogen (secondary N) is 3. The number of nitro benzene ring substituents is 1. The maximum absolute atomic E-state index is 12.3. The molecule has 9 nitrogen and oxygen atoms in total. The van der Waals surface area contributed by atoms with Crippen LogP contribution in [0.1, 0.15) is 6.92 Å². The maximum atomic E-state index is 12.3. The summed E-state index contributed by atoms with van der Waals surface area (Å²) in [5, 5.41) is 16.8. The normalized spacial score (nSPS) is 14.2. The molecule has 9 heteroatoms. The quantitative estimate of drug-likeness (QED) is 0.296. The SMILES string of the molecule is CCOc1ccccc1N1CC[NH+](CC(=O)NCCNc2ccc([N+](=O)[O-])cc2)CC1. The van der Waals surface area contributed by atoms with Crippen molar-refractivity contribution in [1.29, 1.82) is 0 Å². The molecular formula is C22H30N5O4+. The van der Waals surface area contributed by atoms with Crippen LogP contribution in [0, 0.1) is 10.1 Å². The molecule has 166 valence electrons. The largest absolute Gasteiger partial charge is 0.492 e. The molecule has 0 spiro atoms. The van der Waals surface area contributed by atoms with Crippen molar-refractivity contribution in [3.05, 3.63) is 58.6 Å². The lowest BCUT2D eigenvalue weighted by Gasteiger charge is -2.34. The number of carbonyl (C=O) groups is 1. The van der Waals surface area contributed by atoms with Crippen molar-refractivity contribution < 1.29 is 19.4 Å². The number of carbonyl (C=O) groups excluding carboxylic acids is 1. The van der Waals surface area contributed by atoms with Crippen molar-refractivity contribution in [1.82, 2.24) is 5.32 Å². The standard InChI is InChI=1S/C22H29N5O4/c1-2-31-21-6-4-3-5-20(21)26-15-13-25(14-16-26)17-22(28)24-12-11-23-18-7-9-19(10-8-18)27(29)30/h3-10,23H,2,11-17H2,1H3,(H,24,28)/p+1. The summed E-state index contributed by atoms with van der Waals surface area (Å²) < 4.78 is 5.74. The first-order valence-corrected chi connectivity index (χ1v) is 10.6. The Morgan fingerprint density at radius 3 is 2.52 bits per heavy atom. The van der Waals surface area contributed by atoms with Gasteiger partial charge in [0.15, 0.2) is 6.54 Å². The van der Waals surface area contributed by atoms with Gasteiger partial charge in [0, 0.05) is 30.9 Å². The molecule has 1 heterocycles. The highest BCUT2D eigenvalue weighted by atomic mass is 16.6. The van der Waals surface area contributed by atoms with Gasteiger partial charge in [-0.3, -0.25) is 14.9 Å². The number of nitro groups is 1. The average molecular weight is 429 g/mol. The van der Waals surface area contributed by atoms with Crippen LogP contribution in [0.4, 0.5) is 17.1 Å². The minimum Gasteiger partial charge on any atom is -0.492 e. The minimum atomic E-state index is -0.427. The van der Waals surface area contributed by atoms with Gasteiger partial charge in [-0.2, -0.15) is 0 Å². The van der Waals surface area contributed by atoms with Gasteiger partial charge in [-0.1, -0.05) is 12.1 Å². The zero-order valence-corrected chi connectivity index (χ0v) is 17.8. The van der Waals surface area contributed by atoms with E-state index in [0.29, 0.717) is 26.2 Å². The van der Waals surface area contributed by atoms with Crippen LogP contribution >= 0.6 is 0 Å². The van der Waals surface area contributed by atoms with E-state index in [0.717, 1.165) is 43.3 Å². The molecule has 0 atom stereocenters. The fourth-order valence-electron chi connectivity index (χ4n) is 3.64. The summed E-state index contributed by atoms with van der Waals surface area (Å²) >= 11 is 0. The molecule has 0 saturated carbocycles. The number of non-ortho nitro benzene ring substituents is 1. The lowest BCUT2D eigenvalue weighted by Crippen LogP contribution is -3.16. The lowest BCUT2D eigenvalue weighted by atomic mass is 10.2. The molecule has 3 rings (SSSR count).